The molecule has 0 aliphatic carbocycles. The van der Waals surface area contributed by atoms with Crippen molar-refractivity contribution in [1.82, 2.24) is 0 Å². The molecule has 0 saturated carbocycles. The van der Waals surface area contributed by atoms with Gasteiger partial charge < -0.3 is 0 Å². The number of rotatable bonds is 2. The molecule has 0 bridgehead atoms. The topological polar surface area (TPSA) is 0 Å². The van der Waals surface area contributed by atoms with Gasteiger partial charge in [-0.25, -0.2) is 0 Å². The van der Waals surface area contributed by atoms with Crippen LogP contribution in [0.25, 0.3) is 0 Å². The average Bonchev–Trinajstić information content (AvgIpc) is 1.87. The normalized spacial score (nSPS) is 11.1. The predicted octanol–water partition coefficient (Wildman–Crippen LogP) is 0.964. The van der Waals surface area contributed by atoms with Crippen LogP contribution in [-0.4, -0.2) is 10.2 Å². The second kappa shape index (κ2) is 2.94. The zero-order chi connectivity index (χ0) is 6.62. The number of terminal acetylenes is 1. The fourth-order valence-electron chi connectivity index (χ4n) is 0.454. The van der Waals surface area contributed by atoms with Crippen molar-refractivity contribution in [3.8, 4) is 12.3 Å². The summed E-state index contributed by atoms with van der Waals surface area (Å²) in [6.45, 7) is 4.33. The van der Waals surface area contributed by atoms with E-state index >= 15 is 0 Å². The molecule has 8 heavy (non-hydrogen) atoms. The highest BCUT2D eigenvalue weighted by Gasteiger charge is 2.13. The quantitative estimate of drug-likeness (QED) is 0.382. The van der Waals surface area contributed by atoms with Crippen molar-refractivity contribution >= 4 is 10.2 Å². The van der Waals surface area contributed by atoms with Crippen LogP contribution in [0.15, 0.2) is 0 Å². The fourth-order valence-corrected chi connectivity index (χ4v) is 0.454. The van der Waals surface area contributed by atoms with Crippen LogP contribution >= 0.6 is 0 Å². The van der Waals surface area contributed by atoms with Crippen LogP contribution in [0, 0.1) is 12.3 Å². The molecular formula is C7H14Si. The van der Waals surface area contributed by atoms with E-state index in [1.165, 1.54) is 0 Å². The molecule has 0 nitrogen and oxygen atoms in total. The van der Waals surface area contributed by atoms with Crippen LogP contribution in [0.5, 0.6) is 0 Å². The molecule has 0 fully saturated rings. The molecule has 0 radical (unpaired) electrons. The van der Waals surface area contributed by atoms with E-state index in [1.807, 2.05) is 0 Å². The second-order valence-electron chi connectivity index (χ2n) is 2.41. The van der Waals surface area contributed by atoms with Crippen LogP contribution in [0.4, 0.5) is 0 Å². The summed E-state index contributed by atoms with van der Waals surface area (Å²) in [5.74, 6) is 2.84. The van der Waals surface area contributed by atoms with Gasteiger partial charge in [0.05, 0.1) is 0 Å². The number of hydrogen-bond donors (Lipinski definition) is 0. The van der Waals surface area contributed by atoms with Gasteiger partial charge in [-0.1, -0.05) is 13.8 Å². The third-order valence-corrected chi connectivity index (χ3v) is 3.61. The minimum Gasteiger partial charge on any atom is -0.120 e. The van der Waals surface area contributed by atoms with Crippen molar-refractivity contribution in [2.24, 2.45) is 0 Å². The Bertz CT molecular complexity index is 95.4. The van der Waals surface area contributed by atoms with E-state index in [9.17, 15) is 0 Å². The lowest BCUT2D eigenvalue weighted by Gasteiger charge is -2.17. The Morgan fingerprint density at radius 1 is 1.50 bits per heavy atom. The highest BCUT2D eigenvalue weighted by atomic mass is 28.1. The van der Waals surface area contributed by atoms with E-state index in [4.69, 9.17) is 6.42 Å². The van der Waals surface area contributed by atoms with Gasteiger partial charge in [0.15, 0.2) is 0 Å². The van der Waals surface area contributed by atoms with Crippen LogP contribution in [-0.2, 0) is 0 Å². The minimum atomic E-state index is 0.292. The molecule has 0 N–H and O–H groups in total. The van der Waals surface area contributed by atoms with Crippen molar-refractivity contribution in [2.75, 3.05) is 0 Å². The van der Waals surface area contributed by atoms with Crippen molar-refractivity contribution in [3.05, 3.63) is 0 Å². The van der Waals surface area contributed by atoms with Crippen molar-refractivity contribution < 1.29 is 0 Å². The van der Waals surface area contributed by atoms with Gasteiger partial charge in [-0.2, -0.15) is 0 Å². The first-order valence-electron chi connectivity index (χ1n) is 3.16. The first-order valence-corrected chi connectivity index (χ1v) is 4.16. The standard InChI is InChI=1S/C7H14Si/c1-4-7(8,5-2)6-3/h1H,5-6H2,2-3,8H3. The van der Waals surface area contributed by atoms with Gasteiger partial charge in [-0.05, 0) is 12.8 Å². The molecule has 0 atom stereocenters. The molecule has 1 heteroatoms. The Morgan fingerprint density at radius 2 is 1.88 bits per heavy atom. The molecule has 0 aliphatic rings. The maximum atomic E-state index is 5.31. The van der Waals surface area contributed by atoms with Crippen LogP contribution < -0.4 is 0 Å². The summed E-state index contributed by atoms with van der Waals surface area (Å²) in [6, 6.07) is 0. The van der Waals surface area contributed by atoms with E-state index in [1.54, 1.807) is 0 Å². The highest BCUT2D eigenvalue weighted by molar-refractivity contribution is 6.17. The first kappa shape index (κ1) is 7.78. The third-order valence-electron chi connectivity index (χ3n) is 1.91. The molecule has 0 rings (SSSR count). The Labute approximate surface area is 55.1 Å². The van der Waals surface area contributed by atoms with Gasteiger partial charge >= 0.3 is 0 Å². The Hall–Kier alpha value is -0.223. The predicted molar refractivity (Wildman–Crippen MR) is 42.0 cm³/mol. The van der Waals surface area contributed by atoms with E-state index in [2.05, 4.69) is 19.8 Å². The zero-order valence-corrected chi connectivity index (χ0v) is 7.99. The smallest absolute Gasteiger partial charge is 0.0257 e. The molecule has 0 aromatic rings. The lowest BCUT2D eigenvalue weighted by atomic mass is 10.0. The molecule has 0 heterocycles. The molecule has 46 valence electrons. The summed E-state index contributed by atoms with van der Waals surface area (Å²) in [7, 11) is 1.13. The number of hydrogen-bond acceptors (Lipinski definition) is 0. The molecule has 0 unspecified atom stereocenters. The Morgan fingerprint density at radius 3 is 1.88 bits per heavy atom. The summed E-state index contributed by atoms with van der Waals surface area (Å²) in [5, 5.41) is 0.292. The third kappa shape index (κ3) is 1.71. The van der Waals surface area contributed by atoms with E-state index in [-0.39, 0.29) is 0 Å². The zero-order valence-electron chi connectivity index (χ0n) is 5.99. The molecule has 0 saturated heterocycles. The first-order chi connectivity index (χ1) is 3.68. The maximum Gasteiger partial charge on any atom is 0.0257 e. The minimum absolute atomic E-state index is 0.292. The fraction of sp³-hybridized carbons (Fsp3) is 0.714. The van der Waals surface area contributed by atoms with Gasteiger partial charge in [-0.15, -0.1) is 12.3 Å². The average molecular weight is 126 g/mol. The summed E-state index contributed by atoms with van der Waals surface area (Å²) in [5.41, 5.74) is 0. The molecule has 0 aliphatic heterocycles. The molecular weight excluding hydrogens is 112 g/mol. The highest BCUT2D eigenvalue weighted by Crippen LogP contribution is 2.27. The van der Waals surface area contributed by atoms with Gasteiger partial charge in [-0.3, -0.25) is 0 Å². The van der Waals surface area contributed by atoms with Gasteiger partial charge in [0.1, 0.15) is 0 Å². The maximum absolute atomic E-state index is 5.31. The summed E-state index contributed by atoms with van der Waals surface area (Å²) in [6.07, 6.45) is 7.60. The second-order valence-corrected chi connectivity index (χ2v) is 4.33. The SMILES string of the molecule is C#CC([SiH3])(CC)CC. The van der Waals surface area contributed by atoms with Crippen molar-refractivity contribution in [3.63, 3.8) is 0 Å². The lowest BCUT2D eigenvalue weighted by Crippen LogP contribution is -2.05. The van der Waals surface area contributed by atoms with E-state index in [0.29, 0.717) is 5.04 Å². The molecule has 0 aromatic heterocycles. The summed E-state index contributed by atoms with van der Waals surface area (Å²) in [4.78, 5) is 0. The van der Waals surface area contributed by atoms with Crippen molar-refractivity contribution in [1.29, 1.82) is 0 Å². The Balaban J connectivity index is 3.83. The molecule has 0 amide bonds. The van der Waals surface area contributed by atoms with Gasteiger partial charge in [0.25, 0.3) is 0 Å². The molecule has 0 aromatic carbocycles. The Kier molecular flexibility index (Phi) is 2.85. The monoisotopic (exact) mass is 126 g/mol. The van der Waals surface area contributed by atoms with Crippen LogP contribution in [0.2, 0.25) is 5.04 Å². The van der Waals surface area contributed by atoms with E-state index in [0.717, 1.165) is 23.1 Å². The lowest BCUT2D eigenvalue weighted by molar-refractivity contribution is 0.653. The van der Waals surface area contributed by atoms with Crippen LogP contribution in [0.1, 0.15) is 26.7 Å². The summed E-state index contributed by atoms with van der Waals surface area (Å²) < 4.78 is 0. The van der Waals surface area contributed by atoms with Gasteiger partial charge in [0.2, 0.25) is 0 Å². The van der Waals surface area contributed by atoms with E-state index < -0.39 is 0 Å². The van der Waals surface area contributed by atoms with Crippen LogP contribution in [0.3, 0.4) is 0 Å². The largest absolute Gasteiger partial charge is 0.120 e. The summed E-state index contributed by atoms with van der Waals surface area (Å²) >= 11 is 0. The molecule has 0 spiro atoms. The van der Waals surface area contributed by atoms with Gasteiger partial charge in [0, 0.05) is 15.3 Å². The van der Waals surface area contributed by atoms with Crippen molar-refractivity contribution in [2.45, 2.75) is 31.7 Å².